The van der Waals surface area contributed by atoms with Crippen molar-refractivity contribution >= 4 is 45.0 Å². The number of Topliss-reactive ketones (excluding diaryl/α,β-unsaturated/α-hetero) is 1. The molecule has 0 bridgehead atoms. The molecule has 2 aromatic rings. The smallest absolute Gasteiger partial charge is 0.338 e. The van der Waals surface area contributed by atoms with Crippen molar-refractivity contribution in [3.63, 3.8) is 0 Å². The van der Waals surface area contributed by atoms with Crippen molar-refractivity contribution in [3.8, 4) is 0 Å². The first-order valence-corrected chi connectivity index (χ1v) is 11.9. The number of hydrogen-bond acceptors (Lipinski definition) is 6. The number of rotatable bonds is 11. The van der Waals surface area contributed by atoms with Gasteiger partial charge in [-0.15, -0.1) is 0 Å². The van der Waals surface area contributed by atoms with Gasteiger partial charge in [0.15, 0.2) is 12.4 Å². The van der Waals surface area contributed by atoms with Gasteiger partial charge in [0.1, 0.15) is 4.90 Å². The molecule has 0 saturated heterocycles. The molecule has 0 fully saturated rings. The van der Waals surface area contributed by atoms with Gasteiger partial charge in [-0.1, -0.05) is 31.4 Å². The Labute approximate surface area is 192 Å². The summed E-state index contributed by atoms with van der Waals surface area (Å²) in [5.41, 5.74) is 0.813. The first-order chi connectivity index (χ1) is 15.2. The number of unbranched alkanes of at least 4 members (excludes halogenated alkanes) is 2. The quantitative estimate of drug-likeness (QED) is 0.287. The third-order valence-electron chi connectivity index (χ3n) is 4.56. The van der Waals surface area contributed by atoms with Crippen LogP contribution in [0.3, 0.4) is 0 Å². The maximum atomic E-state index is 12.3. The van der Waals surface area contributed by atoms with E-state index < -0.39 is 28.4 Å². The molecule has 8 nitrogen and oxygen atoms in total. The van der Waals surface area contributed by atoms with Gasteiger partial charge in [-0.05, 0) is 55.9 Å². The Morgan fingerprint density at radius 3 is 2.28 bits per heavy atom. The Morgan fingerprint density at radius 1 is 1.00 bits per heavy atom. The summed E-state index contributed by atoms with van der Waals surface area (Å²) in [7, 11) is -2.64. The highest BCUT2D eigenvalue weighted by molar-refractivity contribution is 7.89. The molecule has 0 saturated carbocycles. The van der Waals surface area contributed by atoms with Gasteiger partial charge in [0.2, 0.25) is 15.9 Å². The van der Waals surface area contributed by atoms with Gasteiger partial charge in [-0.25, -0.2) is 17.9 Å². The standard InChI is InChI=1S/C22H25ClN2O6S/c1-3-4-5-6-21(27)25-17-10-7-15(8-11-17)19(26)14-31-22(28)16-9-12-18(23)20(13-16)32(29,30)24-2/h7-13,24H,3-6,14H2,1-2H3,(H,25,27). The zero-order valence-electron chi connectivity index (χ0n) is 17.8. The van der Waals surface area contributed by atoms with Crippen molar-refractivity contribution in [2.45, 2.75) is 37.5 Å². The molecule has 0 atom stereocenters. The van der Waals surface area contributed by atoms with Crippen molar-refractivity contribution in [1.29, 1.82) is 0 Å². The number of nitrogens with one attached hydrogen (secondary N) is 2. The van der Waals surface area contributed by atoms with Gasteiger partial charge in [0, 0.05) is 17.7 Å². The zero-order chi connectivity index (χ0) is 23.7. The number of benzene rings is 2. The van der Waals surface area contributed by atoms with Crippen LogP contribution < -0.4 is 10.0 Å². The van der Waals surface area contributed by atoms with Gasteiger partial charge in [0.05, 0.1) is 10.6 Å². The molecule has 172 valence electrons. The lowest BCUT2D eigenvalue weighted by molar-refractivity contribution is -0.116. The van der Waals surface area contributed by atoms with Crippen molar-refractivity contribution in [3.05, 3.63) is 58.6 Å². The van der Waals surface area contributed by atoms with Crippen molar-refractivity contribution in [2.75, 3.05) is 19.0 Å². The van der Waals surface area contributed by atoms with E-state index in [9.17, 15) is 22.8 Å². The van der Waals surface area contributed by atoms with E-state index in [-0.39, 0.29) is 21.4 Å². The molecule has 1 amide bonds. The molecule has 32 heavy (non-hydrogen) atoms. The number of esters is 1. The summed E-state index contributed by atoms with van der Waals surface area (Å²) >= 11 is 5.90. The third-order valence-corrected chi connectivity index (χ3v) is 6.45. The number of amides is 1. The summed E-state index contributed by atoms with van der Waals surface area (Å²) in [6.45, 7) is 1.53. The summed E-state index contributed by atoms with van der Waals surface area (Å²) in [6, 6.07) is 9.90. The van der Waals surface area contributed by atoms with Crippen LogP contribution >= 0.6 is 11.6 Å². The molecule has 2 rings (SSSR count). The van der Waals surface area contributed by atoms with Crippen molar-refractivity contribution < 1.29 is 27.5 Å². The molecule has 0 spiro atoms. The zero-order valence-corrected chi connectivity index (χ0v) is 19.4. The normalized spacial score (nSPS) is 11.1. The number of ketones is 1. The summed E-state index contributed by atoms with van der Waals surface area (Å²) in [6.07, 6.45) is 3.28. The van der Waals surface area contributed by atoms with Crippen LogP contribution in [0.5, 0.6) is 0 Å². The SMILES string of the molecule is CCCCCC(=O)Nc1ccc(C(=O)COC(=O)c2ccc(Cl)c(S(=O)(=O)NC)c2)cc1. The molecule has 0 aromatic heterocycles. The molecule has 2 aromatic carbocycles. The molecule has 0 radical (unpaired) electrons. The molecule has 0 aliphatic rings. The highest BCUT2D eigenvalue weighted by atomic mass is 35.5. The van der Waals surface area contributed by atoms with E-state index >= 15 is 0 Å². The Bertz CT molecular complexity index is 1080. The predicted molar refractivity (Wildman–Crippen MR) is 122 cm³/mol. The van der Waals surface area contributed by atoms with Crippen LogP contribution in [0.2, 0.25) is 5.02 Å². The fourth-order valence-electron chi connectivity index (χ4n) is 2.74. The maximum absolute atomic E-state index is 12.3. The first-order valence-electron chi connectivity index (χ1n) is 10.0. The van der Waals surface area contributed by atoms with Crippen LogP contribution in [0.1, 0.15) is 53.3 Å². The van der Waals surface area contributed by atoms with Crippen LogP contribution in [0, 0.1) is 0 Å². The molecular formula is C22H25ClN2O6S. The summed E-state index contributed by atoms with van der Waals surface area (Å²) in [5.74, 6) is -1.40. The lowest BCUT2D eigenvalue weighted by Crippen LogP contribution is -2.20. The number of hydrogen-bond donors (Lipinski definition) is 2. The van der Waals surface area contributed by atoms with E-state index in [1.165, 1.54) is 31.3 Å². The number of carbonyl (C=O) groups excluding carboxylic acids is 3. The minimum Gasteiger partial charge on any atom is -0.454 e. The van der Waals surface area contributed by atoms with Crippen LogP contribution in [0.4, 0.5) is 5.69 Å². The van der Waals surface area contributed by atoms with E-state index in [1.807, 2.05) is 0 Å². The van der Waals surface area contributed by atoms with E-state index in [0.717, 1.165) is 25.3 Å². The van der Waals surface area contributed by atoms with E-state index in [4.69, 9.17) is 16.3 Å². The molecule has 0 aliphatic heterocycles. The second kappa shape index (κ2) is 11.8. The Hall–Kier alpha value is -2.75. The number of halogens is 1. The van der Waals surface area contributed by atoms with Gasteiger partial charge in [0.25, 0.3) is 0 Å². The van der Waals surface area contributed by atoms with E-state index in [2.05, 4.69) is 17.0 Å². The molecule has 0 aliphatic carbocycles. The molecule has 10 heteroatoms. The monoisotopic (exact) mass is 480 g/mol. The molecular weight excluding hydrogens is 456 g/mol. The van der Waals surface area contributed by atoms with Crippen LogP contribution in [-0.4, -0.2) is 39.7 Å². The summed E-state index contributed by atoms with van der Waals surface area (Å²) in [5, 5.41) is 2.71. The number of carbonyl (C=O) groups is 3. The highest BCUT2D eigenvalue weighted by Gasteiger charge is 2.20. The summed E-state index contributed by atoms with van der Waals surface area (Å²) < 4.78 is 31.1. The van der Waals surface area contributed by atoms with Crippen molar-refractivity contribution in [1.82, 2.24) is 4.72 Å². The lowest BCUT2D eigenvalue weighted by Gasteiger charge is -2.09. The fourth-order valence-corrected chi connectivity index (χ4v) is 3.99. The number of ether oxygens (including phenoxy) is 1. The fraction of sp³-hybridized carbons (Fsp3) is 0.318. The van der Waals surface area contributed by atoms with Gasteiger partial charge in [-0.3, -0.25) is 9.59 Å². The second-order valence-electron chi connectivity index (χ2n) is 6.93. The average molecular weight is 481 g/mol. The van der Waals surface area contributed by atoms with Crippen LogP contribution in [0.25, 0.3) is 0 Å². The topological polar surface area (TPSA) is 119 Å². The third kappa shape index (κ3) is 7.15. The molecule has 0 heterocycles. The lowest BCUT2D eigenvalue weighted by atomic mass is 10.1. The minimum atomic E-state index is -3.87. The van der Waals surface area contributed by atoms with Gasteiger partial charge < -0.3 is 10.1 Å². The largest absolute Gasteiger partial charge is 0.454 e. The van der Waals surface area contributed by atoms with Crippen LogP contribution in [0.15, 0.2) is 47.4 Å². The van der Waals surface area contributed by atoms with Crippen molar-refractivity contribution in [2.24, 2.45) is 0 Å². The number of sulfonamides is 1. The van der Waals surface area contributed by atoms with Crippen LogP contribution in [-0.2, 0) is 19.6 Å². The van der Waals surface area contributed by atoms with E-state index in [1.54, 1.807) is 12.1 Å². The maximum Gasteiger partial charge on any atom is 0.338 e. The second-order valence-corrected chi connectivity index (χ2v) is 9.20. The predicted octanol–water partition coefficient (Wildman–Crippen LogP) is 3.81. The average Bonchev–Trinajstić information content (AvgIpc) is 2.78. The molecule has 2 N–H and O–H groups in total. The Kier molecular flexibility index (Phi) is 9.37. The number of anilines is 1. The Balaban J connectivity index is 1.96. The summed E-state index contributed by atoms with van der Waals surface area (Å²) in [4.78, 5) is 36.2. The highest BCUT2D eigenvalue weighted by Crippen LogP contribution is 2.23. The molecule has 0 unspecified atom stereocenters. The minimum absolute atomic E-state index is 0.0514. The first kappa shape index (κ1) is 25.5. The van der Waals surface area contributed by atoms with Gasteiger partial charge >= 0.3 is 5.97 Å². The van der Waals surface area contributed by atoms with Gasteiger partial charge in [-0.2, -0.15) is 0 Å². The van der Waals surface area contributed by atoms with E-state index in [0.29, 0.717) is 17.7 Å². The Morgan fingerprint density at radius 2 is 1.66 bits per heavy atom.